The van der Waals surface area contributed by atoms with Gasteiger partial charge < -0.3 is 15.4 Å². The molecule has 0 saturated heterocycles. The minimum atomic E-state index is 0.520. The summed E-state index contributed by atoms with van der Waals surface area (Å²) in [5, 5.41) is 11.7. The van der Waals surface area contributed by atoms with E-state index < -0.39 is 0 Å². The van der Waals surface area contributed by atoms with Gasteiger partial charge in [-0.15, -0.1) is 0 Å². The Morgan fingerprint density at radius 2 is 1.73 bits per heavy atom. The number of methoxy groups -OCH3 is 1. The molecule has 2 aromatic heterocycles. The first-order valence-corrected chi connectivity index (χ1v) is 8.18. The fraction of sp³-hybridized carbons (Fsp3) is 0.105. The molecule has 0 aliphatic rings. The van der Waals surface area contributed by atoms with Gasteiger partial charge in [-0.05, 0) is 36.4 Å². The van der Waals surface area contributed by atoms with Crippen LogP contribution >= 0.6 is 0 Å². The first kappa shape index (κ1) is 15.9. The van der Waals surface area contributed by atoms with Crippen molar-refractivity contribution in [3.05, 3.63) is 60.8 Å². The van der Waals surface area contributed by atoms with Crippen LogP contribution in [-0.4, -0.2) is 33.9 Å². The van der Waals surface area contributed by atoms with Gasteiger partial charge in [0.25, 0.3) is 0 Å². The molecule has 0 aliphatic carbocycles. The maximum Gasteiger partial charge on any atom is 0.226 e. The van der Waals surface area contributed by atoms with Crippen molar-refractivity contribution < 1.29 is 4.74 Å². The van der Waals surface area contributed by atoms with Gasteiger partial charge in [-0.1, -0.05) is 18.2 Å². The Morgan fingerprint density at radius 3 is 2.42 bits per heavy atom. The van der Waals surface area contributed by atoms with Gasteiger partial charge >= 0.3 is 0 Å². The minimum absolute atomic E-state index is 0.520. The summed E-state index contributed by atoms with van der Waals surface area (Å²) in [6.07, 6.45) is 1.77. The molecule has 4 rings (SSSR count). The van der Waals surface area contributed by atoms with E-state index in [1.54, 1.807) is 25.0 Å². The first-order valence-electron chi connectivity index (χ1n) is 8.18. The number of ether oxygens (including phenoxy) is 1. The van der Waals surface area contributed by atoms with E-state index in [1.807, 2.05) is 54.6 Å². The van der Waals surface area contributed by atoms with Crippen LogP contribution in [-0.2, 0) is 0 Å². The maximum atomic E-state index is 5.20. The molecule has 2 N–H and O–H groups in total. The second kappa shape index (κ2) is 6.72. The molecule has 0 atom stereocenters. The molecular formula is C19H18N6O. The molecule has 4 aromatic rings. The number of benzene rings is 2. The lowest BCUT2D eigenvalue weighted by atomic mass is 10.3. The molecule has 26 heavy (non-hydrogen) atoms. The third-order valence-corrected chi connectivity index (χ3v) is 4.01. The van der Waals surface area contributed by atoms with Gasteiger partial charge in [0.2, 0.25) is 5.95 Å². The van der Waals surface area contributed by atoms with E-state index in [4.69, 9.17) is 4.74 Å². The quantitative estimate of drug-likeness (QED) is 0.575. The van der Waals surface area contributed by atoms with Crippen LogP contribution in [0, 0.1) is 0 Å². The predicted octanol–water partition coefficient (Wildman–Crippen LogP) is 3.61. The summed E-state index contributed by atoms with van der Waals surface area (Å²) >= 11 is 0. The summed E-state index contributed by atoms with van der Waals surface area (Å²) < 4.78 is 7.00. The Hall–Kier alpha value is -3.61. The van der Waals surface area contributed by atoms with Gasteiger partial charge in [0.15, 0.2) is 5.65 Å². The average molecular weight is 346 g/mol. The number of nitrogens with one attached hydrogen (secondary N) is 2. The summed E-state index contributed by atoms with van der Waals surface area (Å²) in [6, 6.07) is 17.6. The predicted molar refractivity (Wildman–Crippen MR) is 102 cm³/mol. The number of fused-ring (bicyclic) bond motifs is 1. The summed E-state index contributed by atoms with van der Waals surface area (Å²) in [6.45, 7) is 0. The standard InChI is InChI=1S/C19H18N6O/c1-20-19-23-17(22-13-8-10-15(26-2)11-9-13)16-12-21-25(18(16)24-19)14-6-4-3-5-7-14/h3-12H,1-2H3,(H2,20,22,23,24). The van der Waals surface area contributed by atoms with Crippen LogP contribution in [0.2, 0.25) is 0 Å². The average Bonchev–Trinajstić information content (AvgIpc) is 3.13. The molecule has 0 unspecified atom stereocenters. The first-order chi connectivity index (χ1) is 12.8. The summed E-state index contributed by atoms with van der Waals surface area (Å²) in [7, 11) is 3.44. The fourth-order valence-electron chi connectivity index (χ4n) is 2.68. The van der Waals surface area contributed by atoms with E-state index in [9.17, 15) is 0 Å². The second-order valence-electron chi connectivity index (χ2n) is 5.63. The molecule has 0 bridgehead atoms. The molecule has 0 radical (unpaired) electrons. The van der Waals surface area contributed by atoms with Crippen LogP contribution in [0.4, 0.5) is 17.5 Å². The highest BCUT2D eigenvalue weighted by Gasteiger charge is 2.14. The highest BCUT2D eigenvalue weighted by molar-refractivity contribution is 5.90. The van der Waals surface area contributed by atoms with Gasteiger partial charge in [-0.3, -0.25) is 0 Å². The zero-order valence-corrected chi connectivity index (χ0v) is 14.5. The molecule has 0 fully saturated rings. The van der Waals surface area contributed by atoms with Crippen LogP contribution in [0.1, 0.15) is 0 Å². The molecule has 7 heteroatoms. The molecular weight excluding hydrogens is 328 g/mol. The third kappa shape index (κ3) is 2.90. The summed E-state index contributed by atoms with van der Waals surface area (Å²) in [4.78, 5) is 9.12. The maximum absolute atomic E-state index is 5.20. The second-order valence-corrected chi connectivity index (χ2v) is 5.63. The monoisotopic (exact) mass is 346 g/mol. The summed E-state index contributed by atoms with van der Waals surface area (Å²) in [5.41, 5.74) is 2.57. The van der Waals surface area contributed by atoms with E-state index in [2.05, 4.69) is 25.7 Å². The van der Waals surface area contributed by atoms with Crippen LogP contribution < -0.4 is 15.4 Å². The van der Waals surface area contributed by atoms with E-state index in [-0.39, 0.29) is 0 Å². The zero-order chi connectivity index (χ0) is 17.9. The topological polar surface area (TPSA) is 76.9 Å². The van der Waals surface area contributed by atoms with Crippen molar-refractivity contribution in [2.24, 2.45) is 0 Å². The Balaban J connectivity index is 1.80. The van der Waals surface area contributed by atoms with E-state index >= 15 is 0 Å². The van der Waals surface area contributed by atoms with Crippen LogP contribution in [0.3, 0.4) is 0 Å². The number of nitrogens with zero attached hydrogens (tertiary/aromatic N) is 4. The van der Waals surface area contributed by atoms with Crippen molar-refractivity contribution in [3.8, 4) is 11.4 Å². The number of anilines is 3. The molecule has 130 valence electrons. The van der Waals surface area contributed by atoms with Gasteiger partial charge in [0, 0.05) is 12.7 Å². The van der Waals surface area contributed by atoms with Gasteiger partial charge in [-0.2, -0.15) is 15.1 Å². The highest BCUT2D eigenvalue weighted by atomic mass is 16.5. The van der Waals surface area contributed by atoms with Crippen LogP contribution in [0.5, 0.6) is 5.75 Å². The van der Waals surface area contributed by atoms with Crippen molar-refractivity contribution >= 4 is 28.5 Å². The summed E-state index contributed by atoms with van der Waals surface area (Å²) in [5.74, 6) is 2.01. The molecule has 7 nitrogen and oxygen atoms in total. The minimum Gasteiger partial charge on any atom is -0.497 e. The number of para-hydroxylation sites is 1. The normalized spacial score (nSPS) is 10.7. The van der Waals surface area contributed by atoms with Crippen molar-refractivity contribution in [2.75, 3.05) is 24.8 Å². The van der Waals surface area contributed by atoms with E-state index in [0.717, 1.165) is 28.2 Å². The van der Waals surface area contributed by atoms with Gasteiger partial charge in [0.05, 0.1) is 24.4 Å². The van der Waals surface area contributed by atoms with Crippen LogP contribution in [0.25, 0.3) is 16.7 Å². The third-order valence-electron chi connectivity index (χ3n) is 4.01. The zero-order valence-electron chi connectivity index (χ0n) is 14.5. The van der Waals surface area contributed by atoms with Crippen molar-refractivity contribution in [2.45, 2.75) is 0 Å². The Morgan fingerprint density at radius 1 is 0.962 bits per heavy atom. The molecule has 2 heterocycles. The van der Waals surface area contributed by atoms with Gasteiger partial charge in [-0.25, -0.2) is 4.68 Å². The lowest BCUT2D eigenvalue weighted by Crippen LogP contribution is -2.04. The lowest BCUT2D eigenvalue weighted by Gasteiger charge is -2.10. The number of hydrogen-bond donors (Lipinski definition) is 2. The van der Waals surface area contributed by atoms with Crippen molar-refractivity contribution in [1.82, 2.24) is 19.7 Å². The molecule has 0 amide bonds. The van der Waals surface area contributed by atoms with Gasteiger partial charge in [0.1, 0.15) is 11.6 Å². The number of aromatic nitrogens is 4. The largest absolute Gasteiger partial charge is 0.497 e. The van der Waals surface area contributed by atoms with E-state index in [0.29, 0.717) is 11.8 Å². The highest BCUT2D eigenvalue weighted by Crippen LogP contribution is 2.27. The number of rotatable bonds is 5. The molecule has 0 saturated carbocycles. The SMILES string of the molecule is CNc1nc(Nc2ccc(OC)cc2)c2cnn(-c3ccccc3)c2n1. The fourth-order valence-corrected chi connectivity index (χ4v) is 2.68. The van der Waals surface area contributed by atoms with Crippen molar-refractivity contribution in [3.63, 3.8) is 0 Å². The Kier molecular flexibility index (Phi) is 4.10. The number of hydrogen-bond acceptors (Lipinski definition) is 6. The molecule has 0 aliphatic heterocycles. The molecule has 2 aromatic carbocycles. The smallest absolute Gasteiger partial charge is 0.226 e. The Bertz CT molecular complexity index is 1030. The Labute approximate surface area is 150 Å². The van der Waals surface area contributed by atoms with E-state index in [1.165, 1.54) is 0 Å². The lowest BCUT2D eigenvalue weighted by molar-refractivity contribution is 0.415. The molecule has 0 spiro atoms. The van der Waals surface area contributed by atoms with Crippen molar-refractivity contribution in [1.29, 1.82) is 0 Å². The van der Waals surface area contributed by atoms with Crippen LogP contribution in [0.15, 0.2) is 60.8 Å².